The molecule has 0 radical (unpaired) electrons. The standard InChI is InChI=1S/C33H34N2O10/c1-16-11-12-19(15-21(16)18-9-7-6-8-10-18)29(38)35-23-24(36)20-13-14-22(17(2)26(20)43-30(23)39)42-31-25(37)27(44-32(34)40)28(41-5)33(3,4)45-31/h6-15,25,27-28,31,36-37H,1-5H3,(H2,34,40)(H,35,38)/t25-,27+,28-,31-/m1/s1. The van der Waals surface area contributed by atoms with Gasteiger partial charge in [-0.2, -0.15) is 0 Å². The molecule has 2 amide bonds. The van der Waals surface area contributed by atoms with Crippen LogP contribution in [0.3, 0.4) is 0 Å². The normalized spacial score (nSPS) is 20.8. The van der Waals surface area contributed by atoms with Gasteiger partial charge in [-0.1, -0.05) is 36.4 Å². The zero-order chi connectivity index (χ0) is 32.6. The summed E-state index contributed by atoms with van der Waals surface area (Å²) in [5, 5.41) is 24.6. The number of hydrogen-bond acceptors (Lipinski definition) is 10. The minimum Gasteiger partial charge on any atom is -0.505 e. The van der Waals surface area contributed by atoms with Crippen LogP contribution in [0.1, 0.15) is 35.3 Å². The van der Waals surface area contributed by atoms with Crippen molar-refractivity contribution in [1.29, 1.82) is 0 Å². The largest absolute Gasteiger partial charge is 0.505 e. The summed E-state index contributed by atoms with van der Waals surface area (Å²) < 4.78 is 28.0. The fourth-order valence-corrected chi connectivity index (χ4v) is 5.55. The molecule has 4 aromatic rings. The van der Waals surface area contributed by atoms with Crippen LogP contribution in [0.5, 0.6) is 11.5 Å². The Hall–Kier alpha value is -4.91. The van der Waals surface area contributed by atoms with Crippen molar-refractivity contribution in [3.8, 4) is 22.6 Å². The number of hydrogen-bond donors (Lipinski definition) is 4. The molecule has 1 aliphatic rings. The SMILES string of the molecule is CO[C@@H]1[C@@H](OC(N)=O)[C@@H](O)[C@H](Oc2ccc3c(O)c(NC(=O)c4ccc(C)c(-c5ccccc5)c4)c(=O)oc3c2C)OC1(C)C. The Morgan fingerprint density at radius 2 is 1.76 bits per heavy atom. The molecule has 0 aliphatic carbocycles. The average Bonchev–Trinajstić information content (AvgIpc) is 2.99. The van der Waals surface area contributed by atoms with E-state index in [-0.39, 0.29) is 22.3 Å². The van der Waals surface area contributed by atoms with E-state index >= 15 is 0 Å². The van der Waals surface area contributed by atoms with Gasteiger partial charge in [-0.05, 0) is 68.7 Å². The topological polar surface area (TPSA) is 180 Å². The molecule has 4 atom stereocenters. The second-order valence-electron chi connectivity index (χ2n) is 11.3. The van der Waals surface area contributed by atoms with Gasteiger partial charge in [0.05, 0.1) is 11.0 Å². The molecule has 5 N–H and O–H groups in total. The molecule has 0 saturated carbocycles. The maximum atomic E-state index is 13.2. The number of aromatic hydroxyl groups is 1. The third kappa shape index (κ3) is 6.07. The number of aliphatic hydroxyl groups excluding tert-OH is 1. The lowest BCUT2D eigenvalue weighted by molar-refractivity contribution is -0.304. The molecular weight excluding hydrogens is 584 g/mol. The van der Waals surface area contributed by atoms with Gasteiger partial charge in [-0.3, -0.25) is 4.79 Å². The number of carbonyl (C=O) groups excluding carboxylic acids is 2. The van der Waals surface area contributed by atoms with E-state index in [1.807, 2.05) is 37.3 Å². The summed E-state index contributed by atoms with van der Waals surface area (Å²) in [6, 6.07) is 17.6. The van der Waals surface area contributed by atoms with Gasteiger partial charge in [-0.25, -0.2) is 9.59 Å². The second-order valence-corrected chi connectivity index (χ2v) is 11.3. The number of aryl methyl sites for hydroxylation is 2. The zero-order valence-electron chi connectivity index (χ0n) is 25.3. The number of anilines is 1. The predicted octanol–water partition coefficient (Wildman–Crippen LogP) is 4.39. The Kier molecular flexibility index (Phi) is 8.57. The molecule has 0 spiro atoms. The molecule has 1 aliphatic heterocycles. The molecule has 12 heteroatoms. The monoisotopic (exact) mass is 618 g/mol. The Morgan fingerprint density at radius 3 is 2.42 bits per heavy atom. The molecule has 3 aromatic carbocycles. The zero-order valence-corrected chi connectivity index (χ0v) is 25.3. The first-order valence-corrected chi connectivity index (χ1v) is 14.1. The van der Waals surface area contributed by atoms with Crippen LogP contribution < -0.4 is 21.4 Å². The Morgan fingerprint density at radius 1 is 1.04 bits per heavy atom. The number of carbonyl (C=O) groups is 2. The third-order valence-corrected chi connectivity index (χ3v) is 7.84. The Balaban J connectivity index is 1.43. The first kappa shape index (κ1) is 31.5. The molecule has 5 rings (SSSR count). The van der Waals surface area contributed by atoms with E-state index in [2.05, 4.69) is 5.32 Å². The van der Waals surface area contributed by atoms with E-state index in [4.69, 9.17) is 29.1 Å². The van der Waals surface area contributed by atoms with Gasteiger partial charge in [0, 0.05) is 18.2 Å². The first-order valence-electron chi connectivity index (χ1n) is 14.1. The molecule has 12 nitrogen and oxygen atoms in total. The third-order valence-electron chi connectivity index (χ3n) is 7.84. The van der Waals surface area contributed by atoms with Crippen LogP contribution in [0, 0.1) is 13.8 Å². The average molecular weight is 619 g/mol. The summed E-state index contributed by atoms with van der Waals surface area (Å²) in [5.74, 6) is -0.963. The van der Waals surface area contributed by atoms with Crippen LogP contribution >= 0.6 is 0 Å². The van der Waals surface area contributed by atoms with E-state index < -0.39 is 59.3 Å². The fourth-order valence-electron chi connectivity index (χ4n) is 5.55. The second kappa shape index (κ2) is 12.2. The highest BCUT2D eigenvalue weighted by molar-refractivity contribution is 6.07. The minimum absolute atomic E-state index is 0.0148. The molecule has 1 fully saturated rings. The lowest BCUT2D eigenvalue weighted by atomic mass is 9.89. The van der Waals surface area contributed by atoms with Gasteiger partial charge >= 0.3 is 11.7 Å². The summed E-state index contributed by atoms with van der Waals surface area (Å²) in [4.78, 5) is 37.8. The number of rotatable bonds is 7. The van der Waals surface area contributed by atoms with Crippen molar-refractivity contribution in [3.05, 3.63) is 87.8 Å². The number of ether oxygens (including phenoxy) is 4. The maximum Gasteiger partial charge on any atom is 0.404 e. The first-order chi connectivity index (χ1) is 21.3. The number of amides is 2. The van der Waals surface area contributed by atoms with Gasteiger partial charge in [0.2, 0.25) is 6.29 Å². The van der Waals surface area contributed by atoms with Crippen molar-refractivity contribution in [2.75, 3.05) is 12.4 Å². The number of benzene rings is 3. The summed E-state index contributed by atoms with van der Waals surface area (Å²) in [6.45, 7) is 6.84. The Bertz CT molecular complexity index is 1820. The molecule has 1 saturated heterocycles. The molecule has 0 bridgehead atoms. The van der Waals surface area contributed by atoms with Crippen LogP contribution in [0.2, 0.25) is 0 Å². The van der Waals surface area contributed by atoms with E-state index in [9.17, 15) is 24.6 Å². The minimum atomic E-state index is -1.51. The van der Waals surface area contributed by atoms with Gasteiger partial charge in [0.1, 0.15) is 17.4 Å². The van der Waals surface area contributed by atoms with Crippen molar-refractivity contribution in [2.24, 2.45) is 5.73 Å². The number of fused-ring (bicyclic) bond motifs is 1. The lowest BCUT2D eigenvalue weighted by Gasteiger charge is -2.47. The summed E-state index contributed by atoms with van der Waals surface area (Å²) in [5.41, 5.74) is 6.01. The predicted molar refractivity (Wildman–Crippen MR) is 164 cm³/mol. The van der Waals surface area contributed by atoms with Crippen molar-refractivity contribution in [2.45, 2.75) is 57.9 Å². The highest BCUT2D eigenvalue weighted by Crippen LogP contribution is 2.38. The number of nitrogens with two attached hydrogens (primary N) is 1. The summed E-state index contributed by atoms with van der Waals surface area (Å²) >= 11 is 0. The van der Waals surface area contributed by atoms with Crippen LogP contribution in [-0.2, 0) is 14.2 Å². The van der Waals surface area contributed by atoms with Crippen LogP contribution in [0.4, 0.5) is 10.5 Å². The molecule has 1 aromatic heterocycles. The van der Waals surface area contributed by atoms with Crippen LogP contribution in [-0.4, -0.2) is 59.5 Å². The summed E-state index contributed by atoms with van der Waals surface area (Å²) in [6.07, 6.45) is -6.05. The molecule has 236 valence electrons. The Labute approximate surface area is 258 Å². The highest BCUT2D eigenvalue weighted by atomic mass is 16.7. The number of methoxy groups -OCH3 is 1. The molecule has 45 heavy (non-hydrogen) atoms. The number of nitrogens with one attached hydrogen (secondary N) is 1. The van der Waals surface area contributed by atoms with Gasteiger partial charge in [0.15, 0.2) is 23.6 Å². The number of primary amides is 1. The van der Waals surface area contributed by atoms with Crippen molar-refractivity contribution < 1.29 is 43.2 Å². The van der Waals surface area contributed by atoms with E-state index in [0.717, 1.165) is 16.7 Å². The van der Waals surface area contributed by atoms with E-state index in [1.54, 1.807) is 39.0 Å². The van der Waals surface area contributed by atoms with E-state index in [0.29, 0.717) is 5.56 Å². The summed E-state index contributed by atoms with van der Waals surface area (Å²) in [7, 11) is 1.38. The lowest BCUT2D eigenvalue weighted by Crippen LogP contribution is -2.65. The molecule has 2 heterocycles. The van der Waals surface area contributed by atoms with Crippen LogP contribution in [0.15, 0.2) is 69.9 Å². The molecular formula is C33H34N2O10. The molecule has 0 unspecified atom stereocenters. The van der Waals surface area contributed by atoms with Crippen molar-refractivity contribution >= 4 is 28.7 Å². The maximum absolute atomic E-state index is 13.2. The quantitative estimate of drug-likeness (QED) is 0.217. The van der Waals surface area contributed by atoms with E-state index in [1.165, 1.54) is 19.2 Å². The highest BCUT2D eigenvalue weighted by Gasteiger charge is 2.53. The van der Waals surface area contributed by atoms with Crippen molar-refractivity contribution in [3.63, 3.8) is 0 Å². The smallest absolute Gasteiger partial charge is 0.404 e. The van der Waals surface area contributed by atoms with Crippen molar-refractivity contribution in [1.82, 2.24) is 0 Å². The number of aliphatic hydroxyl groups is 1. The fraction of sp³-hybridized carbons (Fsp3) is 0.303. The van der Waals surface area contributed by atoms with Gasteiger partial charge in [-0.15, -0.1) is 0 Å². The van der Waals surface area contributed by atoms with Crippen LogP contribution in [0.25, 0.3) is 22.1 Å². The van der Waals surface area contributed by atoms with Gasteiger partial charge in [0.25, 0.3) is 5.91 Å². The van der Waals surface area contributed by atoms with Gasteiger partial charge < -0.3 is 44.6 Å².